The first kappa shape index (κ1) is 16.7. The smallest absolute Gasteiger partial charge is 0.408 e. The molecule has 0 radical (unpaired) electrons. The summed E-state index contributed by atoms with van der Waals surface area (Å²) >= 11 is 0. The van der Waals surface area contributed by atoms with E-state index >= 15 is 0 Å². The predicted molar refractivity (Wildman–Crippen MR) is 80.4 cm³/mol. The van der Waals surface area contributed by atoms with E-state index in [4.69, 9.17) is 15.9 Å². The van der Waals surface area contributed by atoms with Gasteiger partial charge >= 0.3 is 6.09 Å². The zero-order valence-electron chi connectivity index (χ0n) is 12.5. The summed E-state index contributed by atoms with van der Waals surface area (Å²) in [5.41, 5.74) is 6.23. The van der Waals surface area contributed by atoms with Crippen molar-refractivity contribution in [3.8, 4) is 0 Å². The summed E-state index contributed by atoms with van der Waals surface area (Å²) < 4.78 is 5.10. The standard InChI is InChI=1S/C15H21N3O3/c1-15(2,3)21-14(20)18-12(9-19)8-10-4-6-11(7-5-10)13(16)17/h4-7,9,12H,8H2,1-3H3,(H3,16,17)(H,18,20). The van der Waals surface area contributed by atoms with Crippen LogP contribution in [0.5, 0.6) is 0 Å². The van der Waals surface area contributed by atoms with Crippen molar-refractivity contribution in [3.05, 3.63) is 35.4 Å². The Morgan fingerprint density at radius 2 is 1.95 bits per heavy atom. The summed E-state index contributed by atoms with van der Waals surface area (Å²) in [5.74, 6) is -0.0135. The van der Waals surface area contributed by atoms with Crippen LogP contribution in [0.2, 0.25) is 0 Å². The van der Waals surface area contributed by atoms with Crippen molar-refractivity contribution < 1.29 is 14.3 Å². The molecule has 21 heavy (non-hydrogen) atoms. The van der Waals surface area contributed by atoms with Crippen molar-refractivity contribution in [2.75, 3.05) is 0 Å². The quantitative estimate of drug-likeness (QED) is 0.435. The van der Waals surface area contributed by atoms with Gasteiger partial charge in [0.1, 0.15) is 17.7 Å². The van der Waals surface area contributed by atoms with Gasteiger partial charge in [-0.2, -0.15) is 0 Å². The lowest BCUT2D eigenvalue weighted by Crippen LogP contribution is -2.41. The van der Waals surface area contributed by atoms with Crippen LogP contribution in [-0.4, -0.2) is 29.9 Å². The average Bonchev–Trinajstić information content (AvgIpc) is 2.36. The molecular weight excluding hydrogens is 270 g/mol. The maximum absolute atomic E-state index is 11.6. The van der Waals surface area contributed by atoms with Gasteiger partial charge in [-0.3, -0.25) is 5.41 Å². The van der Waals surface area contributed by atoms with Gasteiger partial charge in [-0.1, -0.05) is 24.3 Å². The summed E-state index contributed by atoms with van der Waals surface area (Å²) in [7, 11) is 0. The summed E-state index contributed by atoms with van der Waals surface area (Å²) in [6, 6.07) is 6.27. The molecule has 1 aromatic carbocycles. The molecule has 6 nitrogen and oxygen atoms in total. The molecule has 0 saturated carbocycles. The van der Waals surface area contributed by atoms with Crippen molar-refractivity contribution >= 4 is 18.2 Å². The fourth-order valence-electron chi connectivity index (χ4n) is 1.67. The van der Waals surface area contributed by atoms with Crippen molar-refractivity contribution in [1.29, 1.82) is 5.41 Å². The van der Waals surface area contributed by atoms with Gasteiger partial charge in [0.05, 0.1) is 6.04 Å². The summed E-state index contributed by atoms with van der Waals surface area (Å²) in [5, 5.41) is 9.82. The SMILES string of the molecule is CC(C)(C)OC(=O)NC(C=O)Cc1ccc(C(=N)N)cc1. The average molecular weight is 291 g/mol. The van der Waals surface area contributed by atoms with Gasteiger partial charge in [-0.05, 0) is 32.8 Å². The third-order valence-corrected chi connectivity index (χ3v) is 2.59. The van der Waals surface area contributed by atoms with Crippen molar-refractivity contribution in [3.63, 3.8) is 0 Å². The zero-order chi connectivity index (χ0) is 16.0. The monoisotopic (exact) mass is 291 g/mol. The number of benzene rings is 1. The van der Waals surface area contributed by atoms with Crippen LogP contribution < -0.4 is 11.1 Å². The van der Waals surface area contributed by atoms with Gasteiger partial charge in [-0.25, -0.2) is 4.79 Å². The lowest BCUT2D eigenvalue weighted by Gasteiger charge is -2.21. The Morgan fingerprint density at radius 3 is 2.38 bits per heavy atom. The Labute approximate surface area is 124 Å². The number of amides is 1. The molecule has 0 heterocycles. The van der Waals surface area contributed by atoms with E-state index in [0.29, 0.717) is 18.3 Å². The van der Waals surface area contributed by atoms with Gasteiger partial charge in [0.25, 0.3) is 0 Å². The van der Waals surface area contributed by atoms with E-state index in [1.54, 1.807) is 45.0 Å². The summed E-state index contributed by atoms with van der Waals surface area (Å²) in [6.07, 6.45) is 0.393. The Bertz CT molecular complexity index is 518. The van der Waals surface area contributed by atoms with E-state index in [0.717, 1.165) is 5.56 Å². The molecule has 114 valence electrons. The molecule has 4 N–H and O–H groups in total. The Balaban J connectivity index is 2.63. The van der Waals surface area contributed by atoms with Crippen LogP contribution in [0.1, 0.15) is 31.9 Å². The minimum absolute atomic E-state index is 0.0135. The summed E-state index contributed by atoms with van der Waals surface area (Å²) in [6.45, 7) is 5.26. The number of hydrogen-bond acceptors (Lipinski definition) is 4. The van der Waals surface area contributed by atoms with E-state index in [-0.39, 0.29) is 5.84 Å². The predicted octanol–water partition coefficient (Wildman–Crippen LogP) is 1.61. The molecule has 1 amide bonds. The molecular formula is C15H21N3O3. The molecule has 0 saturated heterocycles. The maximum Gasteiger partial charge on any atom is 0.408 e. The number of nitrogen functional groups attached to an aromatic ring is 1. The molecule has 0 aliphatic rings. The molecule has 1 unspecified atom stereocenters. The van der Waals surface area contributed by atoms with Crippen LogP contribution in [0.15, 0.2) is 24.3 Å². The van der Waals surface area contributed by atoms with Gasteiger partial charge in [-0.15, -0.1) is 0 Å². The highest BCUT2D eigenvalue weighted by atomic mass is 16.6. The van der Waals surface area contributed by atoms with E-state index in [2.05, 4.69) is 5.32 Å². The first-order valence-corrected chi connectivity index (χ1v) is 6.59. The van der Waals surface area contributed by atoms with Crippen LogP contribution in [0.4, 0.5) is 4.79 Å². The fourth-order valence-corrected chi connectivity index (χ4v) is 1.67. The summed E-state index contributed by atoms with van der Waals surface area (Å²) in [4.78, 5) is 22.7. The second-order valence-corrected chi connectivity index (χ2v) is 5.70. The van der Waals surface area contributed by atoms with Gasteiger partial charge < -0.3 is 20.6 Å². The molecule has 6 heteroatoms. The van der Waals surface area contributed by atoms with Crippen LogP contribution in [0, 0.1) is 5.41 Å². The zero-order valence-corrected chi connectivity index (χ0v) is 12.5. The minimum atomic E-state index is -0.664. The minimum Gasteiger partial charge on any atom is -0.444 e. The highest BCUT2D eigenvalue weighted by molar-refractivity contribution is 5.94. The first-order chi connectivity index (χ1) is 9.71. The second-order valence-electron chi connectivity index (χ2n) is 5.70. The van der Waals surface area contributed by atoms with Gasteiger partial charge in [0, 0.05) is 5.56 Å². The second kappa shape index (κ2) is 6.88. The van der Waals surface area contributed by atoms with Crippen molar-refractivity contribution in [2.45, 2.75) is 38.8 Å². The number of hydrogen-bond donors (Lipinski definition) is 3. The molecule has 0 aliphatic carbocycles. The maximum atomic E-state index is 11.6. The fraction of sp³-hybridized carbons (Fsp3) is 0.400. The van der Waals surface area contributed by atoms with Crippen molar-refractivity contribution in [2.24, 2.45) is 5.73 Å². The van der Waals surface area contributed by atoms with E-state index in [9.17, 15) is 9.59 Å². The lowest BCUT2D eigenvalue weighted by molar-refractivity contribution is -0.109. The van der Waals surface area contributed by atoms with Crippen LogP contribution >= 0.6 is 0 Å². The molecule has 0 bridgehead atoms. The number of aldehydes is 1. The van der Waals surface area contributed by atoms with Gasteiger partial charge in [0.15, 0.2) is 0 Å². The third kappa shape index (κ3) is 6.07. The van der Waals surface area contributed by atoms with E-state index < -0.39 is 17.7 Å². The molecule has 1 atom stereocenters. The highest BCUT2D eigenvalue weighted by Crippen LogP contribution is 2.09. The molecule has 0 spiro atoms. The number of rotatable bonds is 5. The largest absolute Gasteiger partial charge is 0.444 e. The lowest BCUT2D eigenvalue weighted by atomic mass is 10.0. The van der Waals surface area contributed by atoms with Crippen LogP contribution in [0.25, 0.3) is 0 Å². The Hall–Kier alpha value is -2.37. The van der Waals surface area contributed by atoms with Crippen LogP contribution in [-0.2, 0) is 16.0 Å². The first-order valence-electron chi connectivity index (χ1n) is 6.59. The van der Waals surface area contributed by atoms with E-state index in [1.807, 2.05) is 0 Å². The molecule has 0 aliphatic heterocycles. The highest BCUT2D eigenvalue weighted by Gasteiger charge is 2.19. The Kier molecular flexibility index (Phi) is 5.46. The van der Waals surface area contributed by atoms with E-state index in [1.165, 1.54) is 0 Å². The molecule has 1 rings (SSSR count). The van der Waals surface area contributed by atoms with Gasteiger partial charge in [0.2, 0.25) is 0 Å². The number of carbonyl (C=O) groups excluding carboxylic acids is 2. The molecule has 1 aromatic rings. The third-order valence-electron chi connectivity index (χ3n) is 2.59. The Morgan fingerprint density at radius 1 is 1.38 bits per heavy atom. The molecule has 0 fully saturated rings. The number of nitrogens with one attached hydrogen (secondary N) is 2. The number of nitrogens with two attached hydrogens (primary N) is 1. The number of carbonyl (C=O) groups is 2. The van der Waals surface area contributed by atoms with Crippen molar-refractivity contribution in [1.82, 2.24) is 5.32 Å². The van der Waals surface area contributed by atoms with Crippen LogP contribution in [0.3, 0.4) is 0 Å². The topological polar surface area (TPSA) is 105 Å². The molecule has 0 aromatic heterocycles. The number of alkyl carbamates (subject to hydrolysis) is 1. The number of amidine groups is 1. The number of ether oxygens (including phenoxy) is 1. The normalized spacial score (nSPS) is 12.3.